The van der Waals surface area contributed by atoms with Gasteiger partial charge in [0.25, 0.3) is 5.69 Å². The summed E-state index contributed by atoms with van der Waals surface area (Å²) in [5.41, 5.74) is 1.92. The second-order valence-corrected chi connectivity index (χ2v) is 5.59. The molecule has 0 heterocycles. The first kappa shape index (κ1) is 14.0. The van der Waals surface area contributed by atoms with E-state index in [1.54, 1.807) is 13.0 Å². The molecule has 1 saturated carbocycles. The van der Waals surface area contributed by atoms with Gasteiger partial charge in [0.2, 0.25) is 0 Å². The van der Waals surface area contributed by atoms with Gasteiger partial charge in [0.1, 0.15) is 0 Å². The number of benzene rings is 1. The van der Waals surface area contributed by atoms with E-state index in [2.05, 4.69) is 12.2 Å². The van der Waals surface area contributed by atoms with Gasteiger partial charge in [-0.05, 0) is 38.2 Å². The van der Waals surface area contributed by atoms with Crippen LogP contribution in [0.5, 0.6) is 0 Å². The number of hydrogen-bond acceptors (Lipinski definition) is 3. The van der Waals surface area contributed by atoms with E-state index in [4.69, 9.17) is 0 Å². The molecule has 1 N–H and O–H groups in total. The molecule has 19 heavy (non-hydrogen) atoms. The van der Waals surface area contributed by atoms with Crippen molar-refractivity contribution in [1.82, 2.24) is 5.32 Å². The van der Waals surface area contributed by atoms with E-state index in [9.17, 15) is 10.1 Å². The highest BCUT2D eigenvalue weighted by Gasteiger charge is 2.21. The van der Waals surface area contributed by atoms with Crippen molar-refractivity contribution in [2.45, 2.75) is 52.1 Å². The van der Waals surface area contributed by atoms with E-state index >= 15 is 0 Å². The lowest BCUT2D eigenvalue weighted by Gasteiger charge is -2.20. The predicted molar refractivity (Wildman–Crippen MR) is 76.1 cm³/mol. The van der Waals surface area contributed by atoms with Gasteiger partial charge in [0.15, 0.2) is 0 Å². The van der Waals surface area contributed by atoms with Crippen LogP contribution in [0.15, 0.2) is 18.2 Å². The minimum atomic E-state index is -0.306. The van der Waals surface area contributed by atoms with E-state index in [1.807, 2.05) is 12.1 Å². The van der Waals surface area contributed by atoms with Crippen LogP contribution in [0.4, 0.5) is 5.69 Å². The van der Waals surface area contributed by atoms with Gasteiger partial charge in [-0.2, -0.15) is 0 Å². The molecule has 0 aliphatic heterocycles. The number of hydrogen-bond donors (Lipinski definition) is 1. The largest absolute Gasteiger partial charge is 0.310 e. The second kappa shape index (κ2) is 6.15. The molecular formula is C15H22N2O2. The maximum Gasteiger partial charge on any atom is 0.272 e. The monoisotopic (exact) mass is 262 g/mol. The summed E-state index contributed by atoms with van der Waals surface area (Å²) in [6.07, 6.45) is 5.30. The van der Waals surface area contributed by atoms with E-state index in [-0.39, 0.29) is 10.6 Å². The van der Waals surface area contributed by atoms with Crippen molar-refractivity contribution in [3.63, 3.8) is 0 Å². The van der Waals surface area contributed by atoms with Crippen LogP contribution in [0.2, 0.25) is 0 Å². The quantitative estimate of drug-likeness (QED) is 0.652. The number of nitro benzene ring substituents is 1. The van der Waals surface area contributed by atoms with Crippen LogP contribution in [0.25, 0.3) is 0 Å². The molecule has 4 heteroatoms. The molecule has 1 aromatic rings. The van der Waals surface area contributed by atoms with Crippen LogP contribution in [0, 0.1) is 23.0 Å². The maximum atomic E-state index is 10.9. The Bertz CT molecular complexity index is 453. The van der Waals surface area contributed by atoms with Crippen molar-refractivity contribution in [2.24, 2.45) is 5.92 Å². The lowest BCUT2D eigenvalue weighted by molar-refractivity contribution is -0.385. The van der Waals surface area contributed by atoms with E-state index < -0.39 is 0 Å². The van der Waals surface area contributed by atoms with Crippen molar-refractivity contribution in [2.75, 3.05) is 0 Å². The summed E-state index contributed by atoms with van der Waals surface area (Å²) in [7, 11) is 0. The third kappa shape index (κ3) is 3.53. The van der Waals surface area contributed by atoms with Crippen LogP contribution in [0.1, 0.15) is 43.7 Å². The first-order chi connectivity index (χ1) is 9.08. The zero-order valence-electron chi connectivity index (χ0n) is 11.7. The van der Waals surface area contributed by atoms with E-state index in [1.165, 1.54) is 25.7 Å². The Balaban J connectivity index is 1.95. The smallest absolute Gasteiger partial charge is 0.272 e. The number of nitrogens with zero attached hydrogens (tertiary/aromatic N) is 1. The molecule has 1 aromatic carbocycles. The zero-order valence-corrected chi connectivity index (χ0v) is 11.7. The number of aryl methyl sites for hydroxylation is 1. The normalized spacial score (nSPS) is 17.6. The molecule has 1 fully saturated rings. The SMILES string of the molecule is Cc1ccc(CN[C@H](C)C2CCCC2)cc1[N+](=O)[O-]. The number of nitro groups is 1. The summed E-state index contributed by atoms with van der Waals surface area (Å²) < 4.78 is 0. The van der Waals surface area contributed by atoms with Gasteiger partial charge in [-0.25, -0.2) is 0 Å². The highest BCUT2D eigenvalue weighted by molar-refractivity contribution is 5.42. The summed E-state index contributed by atoms with van der Waals surface area (Å²) in [6, 6.07) is 5.97. The van der Waals surface area contributed by atoms with Gasteiger partial charge in [-0.1, -0.05) is 25.0 Å². The van der Waals surface area contributed by atoms with E-state index in [0.29, 0.717) is 12.6 Å². The summed E-state index contributed by atoms with van der Waals surface area (Å²) in [5, 5.41) is 14.4. The Morgan fingerprint density at radius 1 is 1.42 bits per heavy atom. The highest BCUT2D eigenvalue weighted by atomic mass is 16.6. The van der Waals surface area contributed by atoms with Crippen molar-refractivity contribution in [3.8, 4) is 0 Å². The Labute approximate surface area is 114 Å². The standard InChI is InChI=1S/C15H22N2O2/c1-11-7-8-13(9-15(11)17(18)19)10-16-12(2)14-5-3-4-6-14/h7-9,12,14,16H,3-6,10H2,1-2H3/t12-/m1/s1. The number of rotatable bonds is 5. The lowest BCUT2D eigenvalue weighted by atomic mass is 9.99. The molecule has 0 bridgehead atoms. The molecule has 104 valence electrons. The third-order valence-electron chi connectivity index (χ3n) is 4.21. The van der Waals surface area contributed by atoms with Crippen molar-refractivity contribution in [3.05, 3.63) is 39.4 Å². The minimum Gasteiger partial charge on any atom is -0.310 e. The molecular weight excluding hydrogens is 240 g/mol. The topological polar surface area (TPSA) is 55.2 Å². The van der Waals surface area contributed by atoms with Gasteiger partial charge in [0, 0.05) is 24.2 Å². The first-order valence-corrected chi connectivity index (χ1v) is 7.05. The van der Waals surface area contributed by atoms with Crippen LogP contribution < -0.4 is 5.32 Å². The second-order valence-electron chi connectivity index (χ2n) is 5.59. The van der Waals surface area contributed by atoms with Gasteiger partial charge in [-0.15, -0.1) is 0 Å². The minimum absolute atomic E-state index is 0.216. The van der Waals surface area contributed by atoms with Crippen molar-refractivity contribution < 1.29 is 4.92 Å². The Morgan fingerprint density at radius 3 is 2.74 bits per heavy atom. The van der Waals surface area contributed by atoms with E-state index in [0.717, 1.165) is 17.0 Å². The molecule has 0 aromatic heterocycles. The van der Waals surface area contributed by atoms with Crippen LogP contribution in [-0.2, 0) is 6.54 Å². The first-order valence-electron chi connectivity index (χ1n) is 7.05. The van der Waals surface area contributed by atoms with Crippen LogP contribution >= 0.6 is 0 Å². The molecule has 2 rings (SSSR count). The van der Waals surface area contributed by atoms with Crippen molar-refractivity contribution >= 4 is 5.69 Å². The van der Waals surface area contributed by atoms with Gasteiger partial charge >= 0.3 is 0 Å². The van der Waals surface area contributed by atoms with Gasteiger partial charge in [-0.3, -0.25) is 10.1 Å². The van der Waals surface area contributed by atoms with Gasteiger partial charge in [0.05, 0.1) is 4.92 Å². The Kier molecular flexibility index (Phi) is 4.53. The molecule has 0 saturated heterocycles. The molecule has 0 amide bonds. The summed E-state index contributed by atoms with van der Waals surface area (Å²) in [6.45, 7) is 4.70. The fourth-order valence-electron chi connectivity index (χ4n) is 2.86. The Morgan fingerprint density at radius 2 is 2.11 bits per heavy atom. The van der Waals surface area contributed by atoms with Crippen LogP contribution in [0.3, 0.4) is 0 Å². The van der Waals surface area contributed by atoms with Crippen molar-refractivity contribution in [1.29, 1.82) is 0 Å². The molecule has 4 nitrogen and oxygen atoms in total. The summed E-state index contributed by atoms with van der Waals surface area (Å²) in [4.78, 5) is 10.6. The Hall–Kier alpha value is -1.42. The van der Waals surface area contributed by atoms with Gasteiger partial charge < -0.3 is 5.32 Å². The highest BCUT2D eigenvalue weighted by Crippen LogP contribution is 2.27. The molecule has 0 unspecified atom stereocenters. The molecule has 1 aliphatic carbocycles. The lowest BCUT2D eigenvalue weighted by Crippen LogP contribution is -2.31. The fourth-order valence-corrected chi connectivity index (χ4v) is 2.86. The maximum absolute atomic E-state index is 10.9. The number of nitrogens with one attached hydrogen (secondary N) is 1. The molecule has 1 aliphatic rings. The molecule has 0 spiro atoms. The zero-order chi connectivity index (χ0) is 13.8. The molecule has 0 radical (unpaired) electrons. The average molecular weight is 262 g/mol. The van der Waals surface area contributed by atoms with Crippen LogP contribution in [-0.4, -0.2) is 11.0 Å². The predicted octanol–water partition coefficient (Wildman–Crippen LogP) is 3.57. The average Bonchev–Trinajstić information content (AvgIpc) is 2.91. The summed E-state index contributed by atoms with van der Waals surface area (Å²) >= 11 is 0. The molecule has 1 atom stereocenters. The summed E-state index contributed by atoms with van der Waals surface area (Å²) in [5.74, 6) is 0.764. The third-order valence-corrected chi connectivity index (χ3v) is 4.21. The fraction of sp³-hybridized carbons (Fsp3) is 0.600.